The van der Waals surface area contributed by atoms with Gasteiger partial charge < -0.3 is 13.7 Å². The third-order valence-electron chi connectivity index (χ3n) is 5.78. The molecular weight excluding hydrogens is 579 g/mol. The van der Waals surface area contributed by atoms with Crippen LogP contribution in [-0.2, 0) is 21.1 Å². The van der Waals surface area contributed by atoms with Crippen LogP contribution in [0.2, 0.25) is 0 Å². The van der Waals surface area contributed by atoms with E-state index in [1.165, 1.54) is 14.1 Å². The molecule has 176 valence electrons. The van der Waals surface area contributed by atoms with Crippen LogP contribution in [0.25, 0.3) is 30.6 Å². The summed E-state index contributed by atoms with van der Waals surface area (Å²) in [6.45, 7) is 0. The minimum Gasteiger partial charge on any atom is -0.317 e. The average molecular weight is 601 g/mol. The molecule has 0 atom stereocenters. The molecule has 0 fully saturated rings. The van der Waals surface area contributed by atoms with Crippen molar-refractivity contribution in [3.8, 4) is 0 Å². The number of aromatic nitrogens is 3. The summed E-state index contributed by atoms with van der Waals surface area (Å²) >= 11 is 8.93. The van der Waals surface area contributed by atoms with Gasteiger partial charge in [-0.25, -0.2) is 0 Å². The van der Waals surface area contributed by atoms with E-state index >= 15 is 0 Å². The fourth-order valence-electron chi connectivity index (χ4n) is 3.93. The Hall–Kier alpha value is -2.36. The number of para-hydroxylation sites is 3. The summed E-state index contributed by atoms with van der Waals surface area (Å²) in [6.07, 6.45) is -2.73. The van der Waals surface area contributed by atoms with Crippen molar-refractivity contribution >= 4 is 86.6 Å². The predicted molar refractivity (Wildman–Crippen MR) is 155 cm³/mol. The van der Waals surface area contributed by atoms with Crippen LogP contribution in [0.4, 0.5) is 0 Å². The van der Waals surface area contributed by atoms with E-state index < -0.39 is 6.42 Å². The number of benzene rings is 3. The topological polar surface area (TPSA) is 51.9 Å². The lowest BCUT2D eigenvalue weighted by Crippen LogP contribution is -2.14. The fraction of sp³-hybridized carbons (Fsp3) is 0.125. The minimum absolute atomic E-state index is 0.886. The molecule has 0 amide bonds. The molecular formula is C24H21BrN6PS3+. The highest BCUT2D eigenvalue weighted by atomic mass is 79.9. The first-order chi connectivity index (χ1) is 16.9. The molecule has 0 aliphatic carbocycles. The normalized spacial score (nSPS) is 15.6. The SMILES string of the molecule is Cn1c(=N[P+](Br)(N=c2sc3ccccc3n2C)N=c2sc3ccccc3n2C)sc2ccccc21. The highest BCUT2D eigenvalue weighted by molar-refractivity contribution is 9.41. The molecule has 0 radical (unpaired) electrons. The Bertz CT molecular complexity index is 1710. The van der Waals surface area contributed by atoms with Gasteiger partial charge in [-0.2, -0.15) is 0 Å². The van der Waals surface area contributed by atoms with E-state index in [0.29, 0.717) is 0 Å². The molecule has 0 aliphatic rings. The highest BCUT2D eigenvalue weighted by Crippen LogP contribution is 2.70. The van der Waals surface area contributed by atoms with Gasteiger partial charge in [-0.3, -0.25) is 0 Å². The Balaban J connectivity index is 1.66. The zero-order chi connectivity index (χ0) is 24.2. The lowest BCUT2D eigenvalue weighted by atomic mass is 10.3. The van der Waals surface area contributed by atoms with Gasteiger partial charge in [-0.1, -0.05) is 70.4 Å². The van der Waals surface area contributed by atoms with E-state index in [9.17, 15) is 0 Å². The first-order valence-electron chi connectivity index (χ1n) is 10.8. The van der Waals surface area contributed by atoms with E-state index in [1.54, 1.807) is 34.0 Å². The maximum atomic E-state index is 5.20. The van der Waals surface area contributed by atoms with Crippen LogP contribution in [0.5, 0.6) is 0 Å². The maximum Gasteiger partial charge on any atom is 0.443 e. The van der Waals surface area contributed by atoms with Gasteiger partial charge in [0.2, 0.25) is 29.9 Å². The summed E-state index contributed by atoms with van der Waals surface area (Å²) in [5.74, 6) is 0. The molecule has 3 aromatic heterocycles. The Morgan fingerprint density at radius 3 is 1.11 bits per heavy atom. The van der Waals surface area contributed by atoms with E-state index in [2.05, 4.69) is 102 Å². The summed E-state index contributed by atoms with van der Waals surface area (Å²) in [5.41, 5.74) is 3.44. The average Bonchev–Trinajstić information content (AvgIpc) is 3.46. The van der Waals surface area contributed by atoms with Gasteiger partial charge in [0, 0.05) is 21.1 Å². The Labute approximate surface area is 221 Å². The van der Waals surface area contributed by atoms with Crippen molar-refractivity contribution in [3.05, 3.63) is 87.2 Å². The molecule has 0 N–H and O–H groups in total. The molecule has 3 heterocycles. The molecule has 35 heavy (non-hydrogen) atoms. The van der Waals surface area contributed by atoms with Crippen molar-refractivity contribution in [2.24, 2.45) is 35.4 Å². The molecule has 0 saturated heterocycles. The second-order valence-corrected chi connectivity index (χ2v) is 15.5. The zero-order valence-electron chi connectivity index (χ0n) is 19.2. The van der Waals surface area contributed by atoms with Gasteiger partial charge in [-0.05, 0) is 50.7 Å². The largest absolute Gasteiger partial charge is 0.443 e. The van der Waals surface area contributed by atoms with Crippen LogP contribution in [0.3, 0.4) is 0 Å². The van der Waals surface area contributed by atoms with Crippen LogP contribution in [0.1, 0.15) is 0 Å². The summed E-state index contributed by atoms with van der Waals surface area (Å²) in [5, 5.41) is 0. The molecule has 6 rings (SSSR count). The van der Waals surface area contributed by atoms with E-state index in [4.69, 9.17) is 14.3 Å². The van der Waals surface area contributed by atoms with Gasteiger partial charge in [0.15, 0.2) is 0 Å². The molecule has 0 aliphatic heterocycles. The van der Waals surface area contributed by atoms with Gasteiger partial charge in [-0.15, -0.1) is 0 Å². The molecule has 11 heteroatoms. The summed E-state index contributed by atoms with van der Waals surface area (Å²) in [6, 6.07) is 25.1. The third-order valence-corrected chi connectivity index (χ3v) is 12.3. The minimum atomic E-state index is -2.73. The second-order valence-electron chi connectivity index (χ2n) is 8.03. The maximum absolute atomic E-state index is 5.20. The number of halogens is 1. The summed E-state index contributed by atoms with van der Waals surface area (Å²) in [7, 11) is 6.15. The van der Waals surface area contributed by atoms with Crippen LogP contribution in [0, 0.1) is 0 Å². The molecule has 6 aromatic rings. The van der Waals surface area contributed by atoms with Crippen molar-refractivity contribution < 1.29 is 0 Å². The number of thiazole rings is 3. The lowest BCUT2D eigenvalue weighted by Gasteiger charge is -2.01. The number of nitrogens with zero attached hydrogens (tertiary/aromatic N) is 6. The third kappa shape index (κ3) is 4.17. The summed E-state index contributed by atoms with van der Waals surface area (Å²) < 4.78 is 25.5. The molecule has 3 aromatic carbocycles. The Morgan fingerprint density at radius 2 is 0.829 bits per heavy atom. The first-order valence-corrected chi connectivity index (χ1v) is 16.9. The van der Waals surface area contributed by atoms with Crippen molar-refractivity contribution in [2.75, 3.05) is 0 Å². The number of aryl methyl sites for hydroxylation is 3. The number of hydrogen-bond acceptors (Lipinski definition) is 6. The standard InChI is InChI=1S/C24H21BrN6PS3/c1-29-16-10-4-7-13-19(16)33-22(29)26-32(25,27-23-30(2)17-11-5-8-14-20(17)34-23)28-24-31(3)18-12-6-9-15-21(18)35-24/h4-15H,1-3H3/q+1. The van der Waals surface area contributed by atoms with E-state index in [0.717, 1.165) is 31.0 Å². The zero-order valence-corrected chi connectivity index (χ0v) is 24.1. The van der Waals surface area contributed by atoms with Crippen LogP contribution >= 0.6 is 55.9 Å². The number of hydrogen-bond donors (Lipinski definition) is 0. The number of fused-ring (bicyclic) bond motifs is 3. The van der Waals surface area contributed by atoms with Crippen molar-refractivity contribution in [2.45, 2.75) is 0 Å². The first kappa shape index (κ1) is 23.1. The molecule has 0 bridgehead atoms. The van der Waals surface area contributed by atoms with Crippen LogP contribution in [0.15, 0.2) is 87.1 Å². The summed E-state index contributed by atoms with van der Waals surface area (Å²) in [4.78, 5) is 2.66. The predicted octanol–water partition coefficient (Wildman–Crippen LogP) is 6.52. The fourth-order valence-corrected chi connectivity index (χ4v) is 11.6. The molecule has 6 nitrogen and oxygen atoms in total. The molecule has 0 spiro atoms. The Morgan fingerprint density at radius 1 is 0.543 bits per heavy atom. The number of rotatable bonds is 3. The lowest BCUT2D eigenvalue weighted by molar-refractivity contribution is 0.906. The van der Waals surface area contributed by atoms with Crippen LogP contribution < -0.4 is 14.4 Å². The molecule has 0 saturated carbocycles. The van der Waals surface area contributed by atoms with E-state index in [1.807, 2.05) is 21.1 Å². The molecule has 0 unspecified atom stereocenters. The second kappa shape index (κ2) is 8.94. The van der Waals surface area contributed by atoms with Crippen LogP contribution in [-0.4, -0.2) is 13.7 Å². The quantitative estimate of drug-likeness (QED) is 0.208. The van der Waals surface area contributed by atoms with Gasteiger partial charge in [0.25, 0.3) is 0 Å². The highest BCUT2D eigenvalue weighted by Gasteiger charge is 2.38. The van der Waals surface area contributed by atoms with Gasteiger partial charge in [0.05, 0.1) is 30.6 Å². The van der Waals surface area contributed by atoms with Crippen molar-refractivity contribution in [3.63, 3.8) is 0 Å². The smallest absolute Gasteiger partial charge is 0.317 e. The van der Waals surface area contributed by atoms with Crippen molar-refractivity contribution in [1.29, 1.82) is 0 Å². The Kier molecular flexibility index (Phi) is 5.89. The van der Waals surface area contributed by atoms with Crippen molar-refractivity contribution in [1.82, 2.24) is 13.7 Å². The van der Waals surface area contributed by atoms with Gasteiger partial charge >= 0.3 is 6.42 Å². The monoisotopic (exact) mass is 599 g/mol. The van der Waals surface area contributed by atoms with Gasteiger partial charge in [0.1, 0.15) is 0 Å². The van der Waals surface area contributed by atoms with E-state index in [-0.39, 0.29) is 0 Å².